The van der Waals surface area contributed by atoms with Gasteiger partial charge in [-0.1, -0.05) is 40.2 Å². The third kappa shape index (κ3) is 1.75. The van der Waals surface area contributed by atoms with Gasteiger partial charge in [-0.15, -0.1) is 0 Å². The van der Waals surface area contributed by atoms with Crippen molar-refractivity contribution in [3.63, 3.8) is 0 Å². The van der Waals surface area contributed by atoms with E-state index in [0.717, 1.165) is 25.8 Å². The van der Waals surface area contributed by atoms with Crippen LogP contribution in [0, 0.1) is 0 Å². The number of ether oxygens (including phenoxy) is 2. The van der Waals surface area contributed by atoms with Crippen molar-refractivity contribution in [3.05, 3.63) is 69.6 Å². The van der Waals surface area contributed by atoms with Crippen LogP contribution in [0.4, 0.5) is 0 Å². The third-order valence-corrected chi connectivity index (χ3v) is 4.48. The van der Waals surface area contributed by atoms with Crippen LogP contribution >= 0.6 is 15.9 Å². The Labute approximate surface area is 130 Å². The van der Waals surface area contributed by atoms with Crippen molar-refractivity contribution < 1.29 is 9.47 Å². The van der Waals surface area contributed by atoms with Crippen molar-refractivity contribution in [1.82, 2.24) is 0 Å². The largest absolute Gasteiger partial charge is 0.494 e. The summed E-state index contributed by atoms with van der Waals surface area (Å²) in [6.45, 7) is 0. The number of methoxy groups -OCH3 is 1. The average Bonchev–Trinajstić information content (AvgIpc) is 2.87. The van der Waals surface area contributed by atoms with Crippen molar-refractivity contribution in [2.45, 2.75) is 5.72 Å². The number of fused-ring (bicyclic) bond motifs is 3. The molecule has 2 aliphatic rings. The van der Waals surface area contributed by atoms with Gasteiger partial charge in [0.05, 0.1) is 18.7 Å². The summed E-state index contributed by atoms with van der Waals surface area (Å²) >= 11 is 3.59. The molecule has 0 amide bonds. The van der Waals surface area contributed by atoms with Crippen LogP contribution in [0.2, 0.25) is 0 Å². The van der Waals surface area contributed by atoms with Crippen molar-refractivity contribution in [2.24, 2.45) is 4.99 Å². The highest BCUT2D eigenvalue weighted by molar-refractivity contribution is 9.10. The van der Waals surface area contributed by atoms with Crippen molar-refractivity contribution >= 4 is 32.8 Å². The Kier molecular flexibility index (Phi) is 2.69. The van der Waals surface area contributed by atoms with Gasteiger partial charge in [0.1, 0.15) is 0 Å². The van der Waals surface area contributed by atoms with Crippen molar-refractivity contribution in [1.29, 1.82) is 0 Å². The highest BCUT2D eigenvalue weighted by Crippen LogP contribution is 2.31. The van der Waals surface area contributed by atoms with Gasteiger partial charge in [-0.2, -0.15) is 0 Å². The number of rotatable bonds is 1. The molecule has 1 atom stereocenters. The first-order valence-corrected chi connectivity index (χ1v) is 7.42. The van der Waals surface area contributed by atoms with Crippen molar-refractivity contribution in [3.8, 4) is 0 Å². The van der Waals surface area contributed by atoms with Crippen LogP contribution in [-0.2, 0) is 9.47 Å². The van der Waals surface area contributed by atoms with E-state index >= 15 is 0 Å². The summed E-state index contributed by atoms with van der Waals surface area (Å²) in [5, 5.41) is 4.23. The van der Waals surface area contributed by atoms with E-state index < -0.39 is 5.72 Å². The maximum absolute atomic E-state index is 5.78. The quantitative estimate of drug-likeness (QED) is 0.798. The molecule has 2 heterocycles. The van der Waals surface area contributed by atoms with Gasteiger partial charge in [-0.3, -0.25) is 0 Å². The van der Waals surface area contributed by atoms with Crippen molar-refractivity contribution in [2.75, 3.05) is 7.11 Å². The number of benzene rings is 2. The third-order valence-electron chi connectivity index (χ3n) is 3.79. The predicted octanol–water partition coefficient (Wildman–Crippen LogP) is 2.79. The number of hydrogen-bond acceptors (Lipinski definition) is 3. The monoisotopic (exact) mass is 341 g/mol. The van der Waals surface area contributed by atoms with Gasteiger partial charge in [0.15, 0.2) is 5.76 Å². The SMILES string of the molecule is COC1=CC=COC12C=c1ccc3c(Br)cccc3c1=N2. The lowest BCUT2D eigenvalue weighted by Crippen LogP contribution is -2.30. The van der Waals surface area contributed by atoms with Crippen LogP contribution in [0.25, 0.3) is 16.8 Å². The van der Waals surface area contributed by atoms with Crippen LogP contribution in [0.3, 0.4) is 0 Å². The molecule has 21 heavy (non-hydrogen) atoms. The molecule has 4 rings (SSSR count). The maximum Gasteiger partial charge on any atom is 0.278 e. The summed E-state index contributed by atoms with van der Waals surface area (Å²) in [5.74, 6) is 0.685. The minimum atomic E-state index is -0.873. The van der Waals surface area contributed by atoms with E-state index in [4.69, 9.17) is 14.5 Å². The zero-order chi connectivity index (χ0) is 14.4. The Balaban J connectivity index is 2.06. The van der Waals surface area contributed by atoms with Gasteiger partial charge >= 0.3 is 0 Å². The van der Waals surface area contributed by atoms with E-state index in [1.54, 1.807) is 13.4 Å². The lowest BCUT2D eigenvalue weighted by atomic mass is 10.1. The molecule has 2 aromatic carbocycles. The maximum atomic E-state index is 5.78. The molecule has 0 N–H and O–H groups in total. The Morgan fingerprint density at radius 2 is 2.10 bits per heavy atom. The normalized spacial score (nSPS) is 22.3. The molecule has 3 nitrogen and oxygen atoms in total. The first-order valence-electron chi connectivity index (χ1n) is 6.63. The lowest BCUT2D eigenvalue weighted by Gasteiger charge is -2.27. The Morgan fingerprint density at radius 1 is 1.19 bits per heavy atom. The zero-order valence-electron chi connectivity index (χ0n) is 11.3. The van der Waals surface area contributed by atoms with E-state index in [1.165, 1.54) is 0 Å². The molecule has 0 radical (unpaired) electrons. The summed E-state index contributed by atoms with van der Waals surface area (Å²) in [6.07, 6.45) is 7.34. The molecular formula is C17H12BrNO2. The standard InChI is InChI=1S/C17H12BrNO2/c1-20-15-6-3-9-21-17(15)10-11-7-8-12-13(16(11)19-17)4-2-5-14(12)18/h2-10H,1H3. The number of allylic oxidation sites excluding steroid dienone is 2. The average molecular weight is 342 g/mol. The Morgan fingerprint density at radius 3 is 2.95 bits per heavy atom. The van der Waals surface area contributed by atoms with Gasteiger partial charge in [0.2, 0.25) is 0 Å². The molecule has 0 aromatic heterocycles. The van der Waals surface area contributed by atoms with Crippen LogP contribution in [0.5, 0.6) is 0 Å². The molecule has 4 heteroatoms. The van der Waals surface area contributed by atoms with Gasteiger partial charge in [0, 0.05) is 15.1 Å². The number of halogens is 1. The van der Waals surface area contributed by atoms with E-state index in [9.17, 15) is 0 Å². The minimum absolute atomic E-state index is 0.685. The van der Waals surface area contributed by atoms with E-state index in [0.29, 0.717) is 5.76 Å². The fourth-order valence-electron chi connectivity index (χ4n) is 2.82. The van der Waals surface area contributed by atoms with E-state index in [2.05, 4.69) is 34.1 Å². The highest BCUT2D eigenvalue weighted by atomic mass is 79.9. The minimum Gasteiger partial charge on any atom is -0.494 e. The lowest BCUT2D eigenvalue weighted by molar-refractivity contribution is 0.0615. The fourth-order valence-corrected chi connectivity index (χ4v) is 3.32. The predicted molar refractivity (Wildman–Crippen MR) is 84.9 cm³/mol. The second kappa shape index (κ2) is 4.46. The first kappa shape index (κ1) is 12.7. The van der Waals surface area contributed by atoms with Gasteiger partial charge in [-0.25, -0.2) is 4.99 Å². The Hall–Kier alpha value is -2.07. The molecule has 1 unspecified atom stereocenters. The molecule has 0 saturated heterocycles. The molecule has 0 saturated carbocycles. The van der Waals surface area contributed by atoms with Gasteiger partial charge < -0.3 is 9.47 Å². The zero-order valence-corrected chi connectivity index (χ0v) is 12.9. The molecule has 104 valence electrons. The summed E-state index contributed by atoms with van der Waals surface area (Å²) < 4.78 is 12.3. The topological polar surface area (TPSA) is 30.8 Å². The molecule has 2 aromatic rings. The van der Waals surface area contributed by atoms with Crippen LogP contribution in [0.1, 0.15) is 0 Å². The molecule has 2 aliphatic heterocycles. The molecule has 0 aliphatic carbocycles. The number of hydrogen-bond donors (Lipinski definition) is 0. The van der Waals surface area contributed by atoms with E-state index in [1.807, 2.05) is 30.4 Å². The van der Waals surface area contributed by atoms with Crippen LogP contribution in [-0.4, -0.2) is 12.8 Å². The van der Waals surface area contributed by atoms with Gasteiger partial charge in [0.25, 0.3) is 5.72 Å². The molecular weight excluding hydrogens is 330 g/mol. The summed E-state index contributed by atoms with van der Waals surface area (Å²) in [7, 11) is 1.64. The molecule has 0 fully saturated rings. The fraction of sp³-hybridized carbons (Fsp3) is 0.118. The number of nitrogens with zero attached hydrogens (tertiary/aromatic N) is 1. The second-order valence-electron chi connectivity index (χ2n) is 4.97. The van der Waals surface area contributed by atoms with Crippen LogP contribution in [0.15, 0.2) is 64.0 Å². The molecule has 0 bridgehead atoms. The smallest absolute Gasteiger partial charge is 0.278 e. The van der Waals surface area contributed by atoms with E-state index in [-0.39, 0.29) is 0 Å². The summed E-state index contributed by atoms with van der Waals surface area (Å²) in [6, 6.07) is 10.3. The summed E-state index contributed by atoms with van der Waals surface area (Å²) in [5.41, 5.74) is -0.873. The van der Waals surface area contributed by atoms with Crippen LogP contribution < -0.4 is 10.6 Å². The highest BCUT2D eigenvalue weighted by Gasteiger charge is 2.38. The first-order chi connectivity index (χ1) is 10.2. The summed E-state index contributed by atoms with van der Waals surface area (Å²) in [4.78, 5) is 4.82. The second-order valence-corrected chi connectivity index (χ2v) is 5.83. The Bertz CT molecular complexity index is 930. The molecule has 1 spiro atoms. The van der Waals surface area contributed by atoms with Gasteiger partial charge in [-0.05, 0) is 29.7 Å².